The molecule has 2 N–H and O–H groups in total. The Morgan fingerprint density at radius 1 is 0.333 bits per heavy atom. The summed E-state index contributed by atoms with van der Waals surface area (Å²) < 4.78 is 109. The van der Waals surface area contributed by atoms with E-state index < -0.39 is 79.6 Å². The van der Waals surface area contributed by atoms with Crippen LogP contribution in [-0.2, 0) is 0 Å². The van der Waals surface area contributed by atoms with Crippen molar-refractivity contribution < 1.29 is 45.3 Å². The molecule has 0 aliphatic carbocycles. The number of fused-ring (bicyclic) bond motifs is 2. The number of phenolic OH excluding ortho intramolecular Hbond substituents is 2. The maximum absolute atomic E-state index is 14.3. The fourth-order valence-electron chi connectivity index (χ4n) is 2.39. The summed E-state index contributed by atoms with van der Waals surface area (Å²) in [5, 5.41) is 12.7. The Bertz CT molecular complexity index is 896. The Labute approximate surface area is 126 Å². The lowest BCUT2D eigenvalue weighted by Crippen LogP contribution is -2.03. The van der Waals surface area contributed by atoms with Crippen molar-refractivity contribution >= 4 is 21.5 Å². The van der Waals surface area contributed by atoms with E-state index in [0.717, 1.165) is 0 Å². The normalized spacial score (nSPS) is 11.7. The minimum atomic E-state index is -2.47. The molecule has 3 aromatic rings. The number of benzene rings is 3. The number of hydrogen-bond donors (Lipinski definition) is 2. The van der Waals surface area contributed by atoms with Gasteiger partial charge in [0.1, 0.15) is 11.6 Å². The lowest BCUT2D eigenvalue weighted by molar-refractivity contribution is 0.390. The van der Waals surface area contributed by atoms with Crippen molar-refractivity contribution in [2.24, 2.45) is 0 Å². The monoisotopic (exact) mass is 354 g/mol. The highest BCUT2D eigenvalue weighted by Crippen LogP contribution is 2.46. The van der Waals surface area contributed by atoms with Crippen LogP contribution in [0.3, 0.4) is 0 Å². The van der Waals surface area contributed by atoms with Gasteiger partial charge in [0.2, 0.25) is 5.82 Å². The Hall–Kier alpha value is -2.78. The number of rotatable bonds is 0. The summed E-state index contributed by atoms with van der Waals surface area (Å²) in [5.41, 5.74) is 0. The average molecular weight is 354 g/mol. The summed E-state index contributed by atoms with van der Waals surface area (Å²) in [5.74, 6) is -22.1. The van der Waals surface area contributed by atoms with Crippen molar-refractivity contribution in [3.63, 3.8) is 0 Å². The van der Waals surface area contributed by atoms with Crippen molar-refractivity contribution in [2.45, 2.75) is 0 Å². The molecule has 0 unspecified atom stereocenters. The standard InChI is InChI=1S/C14H2F8O2/c15-5-1-3(8(18)10(20)9(19)6(1)16)13(23)4-2(5)7(17)11(21)12(22)14(4)24/h23-24H. The molecule has 0 fully saturated rings. The largest absolute Gasteiger partial charge is 0.506 e. The summed E-state index contributed by atoms with van der Waals surface area (Å²) in [6.45, 7) is 0. The zero-order chi connectivity index (χ0) is 18.1. The third kappa shape index (κ3) is 1.70. The summed E-state index contributed by atoms with van der Waals surface area (Å²) in [6.07, 6.45) is 0. The Morgan fingerprint density at radius 2 is 0.708 bits per heavy atom. The summed E-state index contributed by atoms with van der Waals surface area (Å²) in [7, 11) is 0. The third-order valence-corrected chi connectivity index (χ3v) is 3.48. The fourth-order valence-corrected chi connectivity index (χ4v) is 2.39. The quantitative estimate of drug-likeness (QED) is 0.270. The predicted octanol–water partition coefficient (Wildman–Crippen LogP) is 4.52. The first-order chi connectivity index (χ1) is 11.1. The summed E-state index contributed by atoms with van der Waals surface area (Å²) in [4.78, 5) is 0. The fraction of sp³-hybridized carbons (Fsp3) is 0. The molecule has 0 aromatic heterocycles. The molecule has 2 nitrogen and oxygen atoms in total. The van der Waals surface area contributed by atoms with E-state index in [1.165, 1.54) is 0 Å². The van der Waals surface area contributed by atoms with Gasteiger partial charge in [-0.05, 0) is 0 Å². The number of phenols is 2. The predicted molar refractivity (Wildman–Crippen MR) is 64.4 cm³/mol. The Morgan fingerprint density at radius 3 is 1.21 bits per heavy atom. The van der Waals surface area contributed by atoms with E-state index in [-0.39, 0.29) is 0 Å². The molecule has 0 saturated heterocycles. The van der Waals surface area contributed by atoms with E-state index in [2.05, 4.69) is 0 Å². The second-order valence-corrected chi connectivity index (χ2v) is 4.71. The van der Waals surface area contributed by atoms with Crippen LogP contribution in [0.4, 0.5) is 35.1 Å². The van der Waals surface area contributed by atoms with Crippen LogP contribution in [0.1, 0.15) is 0 Å². The molecule has 0 bridgehead atoms. The SMILES string of the molecule is Oc1c(F)c(F)c(F)c2c(F)c3c(F)c(F)c(F)c(F)c3c(O)c12. The molecule has 0 amide bonds. The zero-order valence-corrected chi connectivity index (χ0v) is 10.9. The van der Waals surface area contributed by atoms with Crippen LogP contribution in [0.2, 0.25) is 0 Å². The van der Waals surface area contributed by atoms with Gasteiger partial charge in [-0.3, -0.25) is 0 Å². The van der Waals surface area contributed by atoms with Crippen LogP contribution in [0, 0.1) is 46.5 Å². The molecule has 3 aromatic carbocycles. The van der Waals surface area contributed by atoms with Crippen molar-refractivity contribution in [3.8, 4) is 11.5 Å². The molecule has 0 spiro atoms. The third-order valence-electron chi connectivity index (χ3n) is 3.48. The van der Waals surface area contributed by atoms with Gasteiger partial charge in [0.25, 0.3) is 0 Å². The first kappa shape index (κ1) is 16.1. The van der Waals surface area contributed by atoms with Crippen LogP contribution >= 0.6 is 0 Å². The van der Waals surface area contributed by atoms with Gasteiger partial charge >= 0.3 is 0 Å². The van der Waals surface area contributed by atoms with Crippen molar-refractivity contribution in [2.75, 3.05) is 0 Å². The van der Waals surface area contributed by atoms with E-state index in [4.69, 9.17) is 0 Å². The van der Waals surface area contributed by atoms with Crippen molar-refractivity contribution in [3.05, 3.63) is 46.5 Å². The van der Waals surface area contributed by atoms with Crippen LogP contribution in [0.5, 0.6) is 11.5 Å². The van der Waals surface area contributed by atoms with Gasteiger partial charge in [-0.25, -0.2) is 30.7 Å². The van der Waals surface area contributed by atoms with Crippen LogP contribution in [0.15, 0.2) is 0 Å². The second-order valence-electron chi connectivity index (χ2n) is 4.71. The van der Waals surface area contributed by atoms with Crippen LogP contribution in [-0.4, -0.2) is 10.2 Å². The smallest absolute Gasteiger partial charge is 0.204 e. The number of aromatic hydroxyl groups is 2. The zero-order valence-electron chi connectivity index (χ0n) is 10.9. The lowest BCUT2D eigenvalue weighted by Gasteiger charge is -2.13. The van der Waals surface area contributed by atoms with Crippen molar-refractivity contribution in [1.82, 2.24) is 0 Å². The molecule has 0 saturated carbocycles. The minimum absolute atomic E-state index is 1.47. The molecule has 10 heteroatoms. The molecule has 0 aliphatic rings. The molecule has 0 atom stereocenters. The topological polar surface area (TPSA) is 40.5 Å². The van der Waals surface area contributed by atoms with Gasteiger partial charge in [0.05, 0.1) is 21.5 Å². The first-order valence-electron chi connectivity index (χ1n) is 5.96. The molecular weight excluding hydrogens is 352 g/mol. The van der Waals surface area contributed by atoms with E-state index in [1.54, 1.807) is 0 Å². The highest BCUT2D eigenvalue weighted by molar-refractivity contribution is 6.08. The molecule has 3 rings (SSSR count). The molecule has 0 radical (unpaired) electrons. The van der Waals surface area contributed by atoms with Crippen LogP contribution < -0.4 is 0 Å². The maximum atomic E-state index is 14.3. The van der Waals surface area contributed by atoms with Gasteiger partial charge in [0, 0.05) is 0 Å². The molecular formula is C14H2F8O2. The van der Waals surface area contributed by atoms with Crippen LogP contribution in [0.25, 0.3) is 21.5 Å². The molecule has 0 heterocycles. The van der Waals surface area contributed by atoms with E-state index in [1.807, 2.05) is 0 Å². The molecule has 0 aliphatic heterocycles. The highest BCUT2D eigenvalue weighted by atomic mass is 19.2. The molecule has 126 valence electrons. The Balaban J connectivity index is 2.82. The number of halogens is 8. The summed E-state index contributed by atoms with van der Waals surface area (Å²) in [6, 6.07) is 0. The van der Waals surface area contributed by atoms with E-state index in [0.29, 0.717) is 0 Å². The minimum Gasteiger partial charge on any atom is -0.506 e. The van der Waals surface area contributed by atoms with E-state index >= 15 is 0 Å². The van der Waals surface area contributed by atoms with Gasteiger partial charge < -0.3 is 10.2 Å². The second kappa shape index (κ2) is 4.86. The summed E-state index contributed by atoms with van der Waals surface area (Å²) >= 11 is 0. The number of hydrogen-bond acceptors (Lipinski definition) is 2. The van der Waals surface area contributed by atoms with Gasteiger partial charge in [-0.1, -0.05) is 0 Å². The average Bonchev–Trinajstić information content (AvgIpc) is 2.55. The lowest BCUT2D eigenvalue weighted by atomic mass is 9.98. The molecule has 24 heavy (non-hydrogen) atoms. The van der Waals surface area contributed by atoms with E-state index in [9.17, 15) is 45.3 Å². The van der Waals surface area contributed by atoms with Gasteiger partial charge in [0.15, 0.2) is 40.7 Å². The maximum Gasteiger partial charge on any atom is 0.204 e. The first-order valence-corrected chi connectivity index (χ1v) is 5.96. The Kier molecular flexibility index (Phi) is 3.26. The van der Waals surface area contributed by atoms with Gasteiger partial charge in [-0.2, -0.15) is 4.39 Å². The highest BCUT2D eigenvalue weighted by Gasteiger charge is 2.32. The van der Waals surface area contributed by atoms with Gasteiger partial charge in [-0.15, -0.1) is 0 Å². The van der Waals surface area contributed by atoms with Crippen molar-refractivity contribution in [1.29, 1.82) is 0 Å².